The summed E-state index contributed by atoms with van der Waals surface area (Å²) in [5.74, 6) is 0.683. The van der Waals surface area contributed by atoms with Gasteiger partial charge in [-0.15, -0.1) is 0 Å². The van der Waals surface area contributed by atoms with E-state index < -0.39 is 0 Å². The first-order chi connectivity index (χ1) is 13.0. The second-order valence-electron chi connectivity index (χ2n) is 6.13. The lowest BCUT2D eigenvalue weighted by Gasteiger charge is -2.11. The summed E-state index contributed by atoms with van der Waals surface area (Å²) < 4.78 is 7.02. The second-order valence-corrected chi connectivity index (χ2v) is 7.49. The average Bonchev–Trinajstić information content (AvgIpc) is 2.67. The van der Waals surface area contributed by atoms with Crippen molar-refractivity contribution < 1.29 is 4.74 Å². The summed E-state index contributed by atoms with van der Waals surface area (Å²) in [4.78, 5) is 0. The van der Waals surface area contributed by atoms with E-state index in [1.807, 2.05) is 73.7 Å². The molecule has 3 rings (SSSR count). The van der Waals surface area contributed by atoms with Gasteiger partial charge in [-0.1, -0.05) is 69.5 Å². The van der Waals surface area contributed by atoms with Crippen molar-refractivity contribution in [1.29, 1.82) is 5.26 Å². The molecule has 0 bridgehead atoms. The number of allylic oxidation sites excluding steroid dienone is 1. The largest absolute Gasteiger partial charge is 0.488 e. The highest BCUT2D eigenvalue weighted by Crippen LogP contribution is 2.28. The highest BCUT2D eigenvalue weighted by Gasteiger charge is 2.07. The van der Waals surface area contributed by atoms with E-state index in [1.54, 1.807) is 6.07 Å². The Kier molecular flexibility index (Phi) is 6.34. The molecule has 0 saturated carbocycles. The van der Waals surface area contributed by atoms with E-state index in [0.717, 1.165) is 26.7 Å². The number of rotatable bonds is 5. The molecule has 0 saturated heterocycles. The van der Waals surface area contributed by atoms with Crippen molar-refractivity contribution in [2.75, 3.05) is 0 Å². The summed E-state index contributed by atoms with van der Waals surface area (Å²) in [6.07, 6.45) is 1.81. The van der Waals surface area contributed by atoms with E-state index in [9.17, 15) is 5.26 Å². The van der Waals surface area contributed by atoms with Crippen LogP contribution in [0.25, 0.3) is 11.6 Å². The molecule has 0 fully saturated rings. The molecule has 27 heavy (non-hydrogen) atoms. The van der Waals surface area contributed by atoms with Gasteiger partial charge in [-0.05, 0) is 54.5 Å². The summed E-state index contributed by atoms with van der Waals surface area (Å²) in [6.45, 7) is 2.45. The minimum Gasteiger partial charge on any atom is -0.488 e. The van der Waals surface area contributed by atoms with Crippen molar-refractivity contribution in [3.8, 4) is 11.8 Å². The zero-order valence-corrected chi connectivity index (χ0v) is 17.1. The van der Waals surface area contributed by atoms with E-state index in [2.05, 4.69) is 22.0 Å². The van der Waals surface area contributed by atoms with Crippen molar-refractivity contribution in [2.24, 2.45) is 0 Å². The Labute approximate surface area is 172 Å². The lowest BCUT2D eigenvalue weighted by molar-refractivity contribution is 0.305. The molecular weight excluding hydrogens is 422 g/mol. The van der Waals surface area contributed by atoms with Gasteiger partial charge < -0.3 is 4.74 Å². The molecule has 0 spiro atoms. The van der Waals surface area contributed by atoms with E-state index in [1.165, 1.54) is 0 Å². The minimum absolute atomic E-state index is 0.433. The molecule has 0 aliphatic heterocycles. The van der Waals surface area contributed by atoms with Crippen molar-refractivity contribution in [1.82, 2.24) is 0 Å². The fourth-order valence-electron chi connectivity index (χ4n) is 2.57. The molecule has 134 valence electrons. The van der Waals surface area contributed by atoms with Crippen LogP contribution in [0.3, 0.4) is 0 Å². The van der Waals surface area contributed by atoms with Gasteiger partial charge in [0.1, 0.15) is 12.4 Å². The van der Waals surface area contributed by atoms with Crippen LogP contribution in [0.1, 0.15) is 22.3 Å². The first kappa shape index (κ1) is 19.2. The predicted octanol–water partition coefficient (Wildman–Crippen LogP) is 7.05. The number of halogens is 2. The topological polar surface area (TPSA) is 33.0 Å². The molecule has 0 amide bonds. The summed E-state index contributed by atoms with van der Waals surface area (Å²) in [5, 5.41) is 10.2. The Hall–Kier alpha value is -2.54. The van der Waals surface area contributed by atoms with Gasteiger partial charge in [0.15, 0.2) is 0 Å². The van der Waals surface area contributed by atoms with E-state index in [0.29, 0.717) is 23.0 Å². The quantitative estimate of drug-likeness (QED) is 0.316. The Bertz CT molecular complexity index is 1000. The summed E-state index contributed by atoms with van der Waals surface area (Å²) in [7, 11) is 0. The molecule has 0 atom stereocenters. The predicted molar refractivity (Wildman–Crippen MR) is 115 cm³/mol. The minimum atomic E-state index is 0.433. The Balaban J connectivity index is 1.89. The lowest BCUT2D eigenvalue weighted by atomic mass is 10.0. The molecule has 0 unspecified atom stereocenters. The number of hydrogen-bond acceptors (Lipinski definition) is 2. The monoisotopic (exact) mass is 437 g/mol. The molecule has 0 N–H and O–H groups in total. The number of benzene rings is 3. The zero-order valence-electron chi connectivity index (χ0n) is 14.7. The third-order valence-corrected chi connectivity index (χ3v) is 4.83. The number of ether oxygens (including phenoxy) is 1. The Morgan fingerprint density at radius 1 is 1.07 bits per heavy atom. The lowest BCUT2D eigenvalue weighted by Crippen LogP contribution is -1.97. The molecule has 0 aliphatic carbocycles. The number of aryl methyl sites for hydroxylation is 1. The molecule has 0 aromatic heterocycles. The van der Waals surface area contributed by atoms with Crippen LogP contribution >= 0.6 is 27.5 Å². The van der Waals surface area contributed by atoms with Crippen LogP contribution in [0.15, 0.2) is 71.2 Å². The maximum atomic E-state index is 9.61. The number of nitrogens with zero attached hydrogens (tertiary/aromatic N) is 1. The van der Waals surface area contributed by atoms with Gasteiger partial charge in [-0.2, -0.15) is 5.26 Å². The summed E-state index contributed by atoms with van der Waals surface area (Å²) in [6, 6.07) is 23.5. The van der Waals surface area contributed by atoms with E-state index in [4.69, 9.17) is 16.3 Å². The van der Waals surface area contributed by atoms with Crippen molar-refractivity contribution >= 4 is 39.2 Å². The average molecular weight is 439 g/mol. The SMILES string of the molecule is Cc1ccc(/C(C#N)=C/c2cc(Cl)ccc2OCc2ccc(Br)cc2)cc1. The van der Waals surface area contributed by atoms with Gasteiger partial charge >= 0.3 is 0 Å². The molecule has 3 aromatic carbocycles. The van der Waals surface area contributed by atoms with Crippen LogP contribution in [0.4, 0.5) is 0 Å². The van der Waals surface area contributed by atoms with Crippen molar-refractivity contribution in [3.05, 3.63) is 98.5 Å². The second kappa shape index (κ2) is 8.90. The fourth-order valence-corrected chi connectivity index (χ4v) is 3.02. The molecule has 3 aromatic rings. The highest BCUT2D eigenvalue weighted by atomic mass is 79.9. The molecule has 2 nitrogen and oxygen atoms in total. The van der Waals surface area contributed by atoms with Gasteiger partial charge in [0.05, 0.1) is 11.6 Å². The van der Waals surface area contributed by atoms with Crippen LogP contribution in [0.2, 0.25) is 5.02 Å². The van der Waals surface area contributed by atoms with Gasteiger partial charge in [0.2, 0.25) is 0 Å². The fraction of sp³-hybridized carbons (Fsp3) is 0.0870. The normalized spacial score (nSPS) is 11.1. The van der Waals surface area contributed by atoms with Crippen LogP contribution < -0.4 is 4.74 Å². The van der Waals surface area contributed by atoms with Crippen LogP contribution in [-0.4, -0.2) is 0 Å². The molecule has 0 aliphatic rings. The molecule has 0 heterocycles. The maximum absolute atomic E-state index is 9.61. The summed E-state index contributed by atoms with van der Waals surface area (Å²) >= 11 is 9.60. The smallest absolute Gasteiger partial charge is 0.127 e. The van der Waals surface area contributed by atoms with Crippen LogP contribution in [-0.2, 0) is 6.61 Å². The van der Waals surface area contributed by atoms with E-state index >= 15 is 0 Å². The molecule has 4 heteroatoms. The van der Waals surface area contributed by atoms with Gasteiger partial charge in [0.25, 0.3) is 0 Å². The Morgan fingerprint density at radius 3 is 2.44 bits per heavy atom. The first-order valence-electron chi connectivity index (χ1n) is 8.41. The maximum Gasteiger partial charge on any atom is 0.127 e. The number of nitriles is 1. The third-order valence-electron chi connectivity index (χ3n) is 4.06. The van der Waals surface area contributed by atoms with Gasteiger partial charge in [0, 0.05) is 15.1 Å². The summed E-state index contributed by atoms with van der Waals surface area (Å²) in [5.41, 5.74) is 4.41. The standard InChI is InChI=1S/C23H17BrClNO/c1-16-2-6-18(7-3-16)20(14-26)12-19-13-22(25)10-11-23(19)27-15-17-4-8-21(24)9-5-17/h2-13H,15H2,1H3/b20-12+. The number of hydrogen-bond donors (Lipinski definition) is 0. The third kappa shape index (κ3) is 5.23. The highest BCUT2D eigenvalue weighted by molar-refractivity contribution is 9.10. The molecule has 0 radical (unpaired) electrons. The van der Waals surface area contributed by atoms with Crippen LogP contribution in [0, 0.1) is 18.3 Å². The van der Waals surface area contributed by atoms with Gasteiger partial charge in [-0.3, -0.25) is 0 Å². The van der Waals surface area contributed by atoms with E-state index in [-0.39, 0.29) is 0 Å². The zero-order chi connectivity index (χ0) is 19.2. The van der Waals surface area contributed by atoms with Crippen molar-refractivity contribution in [2.45, 2.75) is 13.5 Å². The van der Waals surface area contributed by atoms with Crippen molar-refractivity contribution in [3.63, 3.8) is 0 Å². The van der Waals surface area contributed by atoms with Crippen LogP contribution in [0.5, 0.6) is 5.75 Å². The first-order valence-corrected chi connectivity index (χ1v) is 9.58. The molecular formula is C23H17BrClNO. The van der Waals surface area contributed by atoms with Gasteiger partial charge in [-0.25, -0.2) is 0 Å². The Morgan fingerprint density at radius 2 is 1.78 bits per heavy atom.